The molecule has 10 heavy (non-hydrogen) atoms. The fraction of sp³-hybridized carbons (Fsp3) is 0.857. The van der Waals surface area contributed by atoms with E-state index in [-0.39, 0.29) is 12.4 Å². The molecule has 0 spiro atoms. The van der Waals surface area contributed by atoms with E-state index in [1.165, 1.54) is 0 Å². The SMILES string of the molecule is CCCOCC(=O)CNC. The van der Waals surface area contributed by atoms with Gasteiger partial charge >= 0.3 is 0 Å². The van der Waals surface area contributed by atoms with E-state index in [4.69, 9.17) is 4.74 Å². The molecule has 0 radical (unpaired) electrons. The number of rotatable bonds is 6. The molecule has 3 heteroatoms. The molecule has 0 rings (SSSR count). The van der Waals surface area contributed by atoms with Crippen LogP contribution in [0.2, 0.25) is 0 Å². The Hall–Kier alpha value is -0.410. The van der Waals surface area contributed by atoms with Crippen LogP contribution in [0.1, 0.15) is 13.3 Å². The quantitative estimate of drug-likeness (QED) is 0.543. The van der Waals surface area contributed by atoms with E-state index in [1.54, 1.807) is 7.05 Å². The van der Waals surface area contributed by atoms with Crippen molar-refractivity contribution < 1.29 is 9.53 Å². The van der Waals surface area contributed by atoms with Crippen molar-refractivity contribution in [3.8, 4) is 0 Å². The van der Waals surface area contributed by atoms with E-state index in [0.717, 1.165) is 6.42 Å². The maximum absolute atomic E-state index is 10.7. The van der Waals surface area contributed by atoms with Crippen molar-refractivity contribution in [2.24, 2.45) is 0 Å². The predicted octanol–water partition coefficient (Wildman–Crippen LogP) is 0.201. The lowest BCUT2D eigenvalue weighted by Gasteiger charge is -1.99. The summed E-state index contributed by atoms with van der Waals surface area (Å²) in [4.78, 5) is 10.7. The van der Waals surface area contributed by atoms with Gasteiger partial charge in [0, 0.05) is 6.61 Å². The Bertz CT molecular complexity index is 93.6. The zero-order chi connectivity index (χ0) is 7.82. The minimum atomic E-state index is 0.107. The number of ether oxygens (including phenoxy) is 1. The van der Waals surface area contributed by atoms with Crippen LogP contribution in [0.4, 0.5) is 0 Å². The molecule has 0 saturated carbocycles. The van der Waals surface area contributed by atoms with Crippen molar-refractivity contribution >= 4 is 5.78 Å². The molecule has 0 unspecified atom stereocenters. The Morgan fingerprint density at radius 1 is 1.60 bits per heavy atom. The van der Waals surface area contributed by atoms with Gasteiger partial charge in [0.25, 0.3) is 0 Å². The summed E-state index contributed by atoms with van der Waals surface area (Å²) < 4.78 is 5.01. The fourth-order valence-corrected chi connectivity index (χ4v) is 0.579. The van der Waals surface area contributed by atoms with Crippen LogP contribution in [0.5, 0.6) is 0 Å². The number of ketones is 1. The number of carbonyl (C=O) groups excluding carboxylic acids is 1. The van der Waals surface area contributed by atoms with Crippen LogP contribution in [0.3, 0.4) is 0 Å². The highest BCUT2D eigenvalue weighted by Crippen LogP contribution is 1.80. The first-order valence-corrected chi connectivity index (χ1v) is 3.55. The number of likely N-dealkylation sites (N-methyl/N-ethyl adjacent to an activating group) is 1. The third-order valence-electron chi connectivity index (χ3n) is 0.985. The fourth-order valence-electron chi connectivity index (χ4n) is 0.579. The number of nitrogens with one attached hydrogen (secondary N) is 1. The Morgan fingerprint density at radius 3 is 2.80 bits per heavy atom. The minimum absolute atomic E-state index is 0.107. The zero-order valence-corrected chi connectivity index (χ0v) is 6.64. The topological polar surface area (TPSA) is 38.3 Å². The van der Waals surface area contributed by atoms with Gasteiger partial charge in [0.1, 0.15) is 6.61 Å². The largest absolute Gasteiger partial charge is 0.374 e. The number of Topliss-reactive ketones (excluding diaryl/α,β-unsaturated/α-hetero) is 1. The van der Waals surface area contributed by atoms with Crippen LogP contribution in [0.25, 0.3) is 0 Å². The van der Waals surface area contributed by atoms with E-state index < -0.39 is 0 Å². The number of carbonyl (C=O) groups is 1. The molecular weight excluding hydrogens is 130 g/mol. The highest BCUT2D eigenvalue weighted by Gasteiger charge is 1.97. The average Bonchev–Trinajstić information content (AvgIpc) is 1.89. The average molecular weight is 145 g/mol. The van der Waals surface area contributed by atoms with Crippen molar-refractivity contribution in [3.05, 3.63) is 0 Å². The summed E-state index contributed by atoms with van der Waals surface area (Å²) in [6, 6.07) is 0. The van der Waals surface area contributed by atoms with Crippen LogP contribution in [-0.2, 0) is 9.53 Å². The second-order valence-electron chi connectivity index (χ2n) is 2.12. The number of hydrogen-bond acceptors (Lipinski definition) is 3. The molecule has 1 N–H and O–H groups in total. The molecule has 0 heterocycles. The molecular formula is C7H15NO2. The van der Waals surface area contributed by atoms with Gasteiger partial charge in [-0.15, -0.1) is 0 Å². The molecule has 0 aliphatic carbocycles. The lowest BCUT2D eigenvalue weighted by molar-refractivity contribution is -0.122. The molecule has 0 aromatic rings. The van der Waals surface area contributed by atoms with Crippen molar-refractivity contribution in [2.45, 2.75) is 13.3 Å². The minimum Gasteiger partial charge on any atom is -0.374 e. The molecule has 0 atom stereocenters. The van der Waals surface area contributed by atoms with Gasteiger partial charge in [0.05, 0.1) is 6.54 Å². The third kappa shape index (κ3) is 5.72. The van der Waals surface area contributed by atoms with Gasteiger partial charge < -0.3 is 10.1 Å². The molecule has 0 amide bonds. The number of hydrogen-bond donors (Lipinski definition) is 1. The summed E-state index contributed by atoms with van der Waals surface area (Å²) in [5.74, 6) is 0.107. The highest BCUT2D eigenvalue weighted by molar-refractivity contribution is 5.81. The summed E-state index contributed by atoms with van der Waals surface area (Å²) in [6.45, 7) is 3.34. The first kappa shape index (κ1) is 9.59. The van der Waals surface area contributed by atoms with Crippen LogP contribution in [-0.4, -0.2) is 32.6 Å². The molecule has 0 saturated heterocycles. The molecule has 3 nitrogen and oxygen atoms in total. The first-order chi connectivity index (χ1) is 4.81. The van der Waals surface area contributed by atoms with Gasteiger partial charge in [-0.3, -0.25) is 4.79 Å². The maximum atomic E-state index is 10.7. The predicted molar refractivity (Wildman–Crippen MR) is 40.0 cm³/mol. The summed E-state index contributed by atoms with van der Waals surface area (Å²) in [5.41, 5.74) is 0. The summed E-state index contributed by atoms with van der Waals surface area (Å²) in [6.07, 6.45) is 0.965. The van der Waals surface area contributed by atoms with Crippen LogP contribution >= 0.6 is 0 Å². The molecule has 0 bridgehead atoms. The molecule has 60 valence electrons. The first-order valence-electron chi connectivity index (χ1n) is 3.55. The molecule has 0 aliphatic heterocycles. The third-order valence-corrected chi connectivity index (χ3v) is 0.985. The highest BCUT2D eigenvalue weighted by atomic mass is 16.5. The lowest BCUT2D eigenvalue weighted by Crippen LogP contribution is -2.22. The summed E-state index contributed by atoms with van der Waals surface area (Å²) >= 11 is 0. The summed E-state index contributed by atoms with van der Waals surface area (Å²) in [7, 11) is 1.75. The van der Waals surface area contributed by atoms with E-state index in [0.29, 0.717) is 13.2 Å². The second kappa shape index (κ2) is 6.71. The van der Waals surface area contributed by atoms with Crippen molar-refractivity contribution in [1.29, 1.82) is 0 Å². The molecule has 0 aliphatic rings. The molecule has 0 aromatic carbocycles. The Morgan fingerprint density at radius 2 is 2.30 bits per heavy atom. The van der Waals surface area contributed by atoms with Crippen molar-refractivity contribution in [3.63, 3.8) is 0 Å². The molecule has 0 aromatic heterocycles. The van der Waals surface area contributed by atoms with Gasteiger partial charge in [0.2, 0.25) is 0 Å². The Balaban J connectivity index is 3.05. The maximum Gasteiger partial charge on any atom is 0.172 e. The standard InChI is InChI=1S/C7H15NO2/c1-3-4-10-6-7(9)5-8-2/h8H,3-6H2,1-2H3. The van der Waals surface area contributed by atoms with E-state index in [9.17, 15) is 4.79 Å². The van der Waals surface area contributed by atoms with E-state index >= 15 is 0 Å². The van der Waals surface area contributed by atoms with Crippen LogP contribution in [0.15, 0.2) is 0 Å². The van der Waals surface area contributed by atoms with Crippen LogP contribution in [0, 0.1) is 0 Å². The van der Waals surface area contributed by atoms with Crippen molar-refractivity contribution in [2.75, 3.05) is 26.8 Å². The van der Waals surface area contributed by atoms with Gasteiger partial charge in [-0.25, -0.2) is 0 Å². The smallest absolute Gasteiger partial charge is 0.172 e. The lowest BCUT2D eigenvalue weighted by atomic mass is 10.4. The van der Waals surface area contributed by atoms with Gasteiger partial charge in [-0.05, 0) is 13.5 Å². The van der Waals surface area contributed by atoms with Crippen LogP contribution < -0.4 is 5.32 Å². The normalized spacial score (nSPS) is 9.80. The molecule has 0 fully saturated rings. The zero-order valence-electron chi connectivity index (χ0n) is 6.64. The van der Waals surface area contributed by atoms with Gasteiger partial charge in [-0.1, -0.05) is 6.92 Å². The van der Waals surface area contributed by atoms with E-state index in [1.807, 2.05) is 6.92 Å². The van der Waals surface area contributed by atoms with Gasteiger partial charge in [0.15, 0.2) is 5.78 Å². The van der Waals surface area contributed by atoms with Gasteiger partial charge in [-0.2, -0.15) is 0 Å². The van der Waals surface area contributed by atoms with Crippen molar-refractivity contribution in [1.82, 2.24) is 5.32 Å². The van der Waals surface area contributed by atoms with E-state index in [2.05, 4.69) is 5.32 Å². The second-order valence-corrected chi connectivity index (χ2v) is 2.12. The Kier molecular flexibility index (Phi) is 6.43. The summed E-state index contributed by atoms with van der Waals surface area (Å²) in [5, 5.41) is 2.76. The monoisotopic (exact) mass is 145 g/mol. The Labute approximate surface area is 61.8 Å².